The summed E-state index contributed by atoms with van der Waals surface area (Å²) in [7, 11) is 0. The molecular weight excluding hydrogens is 242 g/mol. The van der Waals surface area contributed by atoms with Crippen molar-refractivity contribution in [3.8, 4) is 0 Å². The lowest BCUT2D eigenvalue weighted by atomic mass is 9.98. The van der Waals surface area contributed by atoms with Crippen LogP contribution in [0.2, 0.25) is 0 Å². The summed E-state index contributed by atoms with van der Waals surface area (Å²) in [4.78, 5) is 22.4. The van der Waals surface area contributed by atoms with Crippen LogP contribution in [0, 0.1) is 5.92 Å². The van der Waals surface area contributed by atoms with E-state index in [0.717, 1.165) is 24.3 Å². The van der Waals surface area contributed by atoms with Crippen LogP contribution in [0.1, 0.15) is 25.7 Å². The molecule has 1 aliphatic rings. The molecule has 1 amide bonds. The number of aliphatic carboxylic acids is 1. The molecule has 0 saturated carbocycles. The minimum absolute atomic E-state index is 0.0571. The van der Waals surface area contributed by atoms with Crippen molar-refractivity contribution in [1.29, 1.82) is 0 Å². The first kappa shape index (κ1) is 14.3. The molecule has 0 aliphatic carbocycles. The molecule has 1 fully saturated rings. The van der Waals surface area contributed by atoms with Gasteiger partial charge in [0.15, 0.2) is 0 Å². The lowest BCUT2D eigenvalue weighted by molar-refractivity contribution is -0.142. The lowest BCUT2D eigenvalue weighted by Crippen LogP contribution is -2.42. The van der Waals surface area contributed by atoms with E-state index in [2.05, 4.69) is 5.32 Å². The molecule has 0 aromatic heterocycles. The van der Waals surface area contributed by atoms with Crippen LogP contribution < -0.4 is 5.32 Å². The third kappa shape index (κ3) is 5.41. The number of hydrogen-bond acceptors (Lipinski definition) is 4. The fraction of sp³-hybridized carbons (Fsp3) is 0.818. The summed E-state index contributed by atoms with van der Waals surface area (Å²) in [6, 6.07) is -0.967. The van der Waals surface area contributed by atoms with Crippen LogP contribution in [0.15, 0.2) is 0 Å². The predicted octanol–water partition coefficient (Wildman–Crippen LogP) is 0.471. The number of rotatable bonds is 6. The summed E-state index contributed by atoms with van der Waals surface area (Å²) in [5.41, 5.74) is 0. The molecule has 0 aromatic carbocycles. The molecule has 0 bridgehead atoms. The minimum Gasteiger partial charge on any atom is -0.480 e. The standard InChI is InChI=1S/C11H19NO4S/c13-4-1-9(11(15)16)12-10(14)7-8-2-5-17-6-3-8/h8-9,13H,1-7H2,(H,12,14)(H,15,16). The summed E-state index contributed by atoms with van der Waals surface area (Å²) in [5.74, 6) is 1.22. The van der Waals surface area contributed by atoms with Gasteiger partial charge in [0, 0.05) is 19.4 Å². The van der Waals surface area contributed by atoms with Crippen LogP contribution in [0.3, 0.4) is 0 Å². The third-order valence-corrected chi connectivity index (χ3v) is 3.91. The average molecular weight is 261 g/mol. The van der Waals surface area contributed by atoms with E-state index in [0.29, 0.717) is 12.3 Å². The van der Waals surface area contributed by atoms with E-state index in [-0.39, 0.29) is 18.9 Å². The Labute approximate surface area is 105 Å². The predicted molar refractivity (Wildman–Crippen MR) is 65.9 cm³/mol. The fourth-order valence-corrected chi connectivity index (χ4v) is 3.06. The Balaban J connectivity index is 2.33. The van der Waals surface area contributed by atoms with Crippen molar-refractivity contribution in [3.05, 3.63) is 0 Å². The molecule has 3 N–H and O–H groups in total. The molecule has 0 radical (unpaired) electrons. The molecule has 0 aromatic rings. The maximum Gasteiger partial charge on any atom is 0.326 e. The zero-order valence-electron chi connectivity index (χ0n) is 9.72. The normalized spacial score (nSPS) is 18.6. The van der Waals surface area contributed by atoms with Gasteiger partial charge in [0.2, 0.25) is 5.91 Å². The molecule has 6 heteroatoms. The first-order valence-corrected chi connectivity index (χ1v) is 6.99. The van der Waals surface area contributed by atoms with Crippen molar-refractivity contribution >= 4 is 23.6 Å². The van der Waals surface area contributed by atoms with E-state index in [1.54, 1.807) is 0 Å². The number of carbonyl (C=O) groups excluding carboxylic acids is 1. The van der Waals surface area contributed by atoms with E-state index >= 15 is 0 Å². The maximum atomic E-state index is 11.6. The number of hydrogen-bond donors (Lipinski definition) is 3. The SMILES string of the molecule is O=C(CC1CCSCC1)NC(CCO)C(=O)O. The molecule has 17 heavy (non-hydrogen) atoms. The van der Waals surface area contributed by atoms with Crippen molar-refractivity contribution in [2.45, 2.75) is 31.7 Å². The summed E-state index contributed by atoms with van der Waals surface area (Å²) in [6.07, 6.45) is 2.50. The molecule has 1 unspecified atom stereocenters. The Bertz CT molecular complexity index is 266. The number of aliphatic hydroxyl groups is 1. The number of carbonyl (C=O) groups is 2. The van der Waals surface area contributed by atoms with Crippen LogP contribution >= 0.6 is 11.8 Å². The van der Waals surface area contributed by atoms with Gasteiger partial charge in [0.1, 0.15) is 6.04 Å². The van der Waals surface area contributed by atoms with Gasteiger partial charge in [-0.3, -0.25) is 4.79 Å². The van der Waals surface area contributed by atoms with Crippen molar-refractivity contribution in [2.75, 3.05) is 18.1 Å². The average Bonchev–Trinajstić information content (AvgIpc) is 2.29. The molecule has 1 heterocycles. The monoisotopic (exact) mass is 261 g/mol. The molecule has 1 saturated heterocycles. The van der Waals surface area contributed by atoms with E-state index in [9.17, 15) is 9.59 Å². The zero-order valence-corrected chi connectivity index (χ0v) is 10.5. The quantitative estimate of drug-likeness (QED) is 0.647. The molecule has 5 nitrogen and oxygen atoms in total. The van der Waals surface area contributed by atoms with Gasteiger partial charge in [-0.05, 0) is 30.3 Å². The molecule has 1 rings (SSSR count). The van der Waals surface area contributed by atoms with Crippen molar-refractivity contribution in [2.24, 2.45) is 5.92 Å². The van der Waals surface area contributed by atoms with Crippen LogP contribution in [-0.2, 0) is 9.59 Å². The number of aliphatic hydroxyl groups excluding tert-OH is 1. The van der Waals surface area contributed by atoms with Crippen molar-refractivity contribution in [3.63, 3.8) is 0 Å². The second-order valence-electron chi connectivity index (χ2n) is 4.23. The largest absolute Gasteiger partial charge is 0.480 e. The van der Waals surface area contributed by atoms with Gasteiger partial charge in [-0.2, -0.15) is 11.8 Å². The second kappa shape index (κ2) is 7.55. The van der Waals surface area contributed by atoms with Gasteiger partial charge < -0.3 is 15.5 Å². The van der Waals surface area contributed by atoms with Crippen molar-refractivity contribution in [1.82, 2.24) is 5.32 Å². The Kier molecular flexibility index (Phi) is 6.36. The topological polar surface area (TPSA) is 86.6 Å². The second-order valence-corrected chi connectivity index (χ2v) is 5.46. The van der Waals surface area contributed by atoms with E-state index in [4.69, 9.17) is 10.2 Å². The summed E-state index contributed by atoms with van der Waals surface area (Å²) >= 11 is 1.89. The number of carboxylic acid groups (broad SMARTS) is 1. The van der Waals surface area contributed by atoms with E-state index in [1.807, 2.05) is 11.8 Å². The number of carboxylic acids is 1. The van der Waals surface area contributed by atoms with E-state index < -0.39 is 12.0 Å². The highest BCUT2D eigenvalue weighted by Gasteiger charge is 2.22. The van der Waals surface area contributed by atoms with Gasteiger partial charge >= 0.3 is 5.97 Å². The first-order valence-electron chi connectivity index (χ1n) is 5.84. The van der Waals surface area contributed by atoms with Gasteiger partial charge in [0.25, 0.3) is 0 Å². The number of amides is 1. The smallest absolute Gasteiger partial charge is 0.326 e. The fourth-order valence-electron chi connectivity index (χ4n) is 1.85. The summed E-state index contributed by atoms with van der Waals surface area (Å²) < 4.78 is 0. The summed E-state index contributed by atoms with van der Waals surface area (Å²) in [5, 5.41) is 20.0. The van der Waals surface area contributed by atoms with Crippen LogP contribution in [-0.4, -0.2) is 46.2 Å². The zero-order chi connectivity index (χ0) is 12.7. The van der Waals surface area contributed by atoms with Crippen molar-refractivity contribution < 1.29 is 19.8 Å². The highest BCUT2D eigenvalue weighted by atomic mass is 32.2. The highest BCUT2D eigenvalue weighted by molar-refractivity contribution is 7.99. The Hall–Kier alpha value is -0.750. The first-order chi connectivity index (χ1) is 8.13. The van der Waals surface area contributed by atoms with E-state index in [1.165, 1.54) is 0 Å². The number of thioether (sulfide) groups is 1. The molecule has 1 atom stereocenters. The molecule has 0 spiro atoms. The van der Waals surface area contributed by atoms with Crippen LogP contribution in [0.4, 0.5) is 0 Å². The Morgan fingerprint density at radius 2 is 2.00 bits per heavy atom. The summed E-state index contributed by atoms with van der Waals surface area (Å²) in [6.45, 7) is -0.239. The maximum absolute atomic E-state index is 11.6. The Morgan fingerprint density at radius 3 is 2.53 bits per heavy atom. The molecule has 98 valence electrons. The van der Waals surface area contributed by atoms with Crippen LogP contribution in [0.5, 0.6) is 0 Å². The van der Waals surface area contributed by atoms with Gasteiger partial charge in [-0.1, -0.05) is 0 Å². The highest BCUT2D eigenvalue weighted by Crippen LogP contribution is 2.25. The van der Waals surface area contributed by atoms with Gasteiger partial charge in [-0.15, -0.1) is 0 Å². The number of nitrogens with one attached hydrogen (secondary N) is 1. The molecular formula is C11H19NO4S. The Morgan fingerprint density at radius 1 is 1.35 bits per heavy atom. The molecule has 1 aliphatic heterocycles. The third-order valence-electron chi connectivity index (χ3n) is 2.87. The lowest BCUT2D eigenvalue weighted by Gasteiger charge is -2.21. The van der Waals surface area contributed by atoms with Crippen LogP contribution in [0.25, 0.3) is 0 Å². The van der Waals surface area contributed by atoms with Gasteiger partial charge in [0.05, 0.1) is 0 Å². The minimum atomic E-state index is -1.09. The van der Waals surface area contributed by atoms with Gasteiger partial charge in [-0.25, -0.2) is 4.79 Å².